The summed E-state index contributed by atoms with van der Waals surface area (Å²) in [5.74, 6) is -0.407. The first-order valence-corrected chi connectivity index (χ1v) is 8.76. The molecule has 2 heterocycles. The molecule has 0 radical (unpaired) electrons. The van der Waals surface area contributed by atoms with Crippen molar-refractivity contribution in [2.75, 3.05) is 7.11 Å². The maximum Gasteiger partial charge on any atom is 0.340 e. The van der Waals surface area contributed by atoms with Crippen molar-refractivity contribution >= 4 is 27.5 Å². The number of ether oxygens (including phenoxy) is 1. The van der Waals surface area contributed by atoms with Gasteiger partial charge in [0.2, 0.25) is 0 Å². The SMILES string of the molecule is COC(=O)c1cccnc1C1=C(C)NC(C)=CC1c1ccccc1Br. The minimum absolute atomic E-state index is 0.0184. The molecule has 0 aliphatic carbocycles. The Labute approximate surface area is 155 Å². The number of benzene rings is 1. The van der Waals surface area contributed by atoms with E-state index in [0.717, 1.165) is 27.0 Å². The van der Waals surface area contributed by atoms with Gasteiger partial charge < -0.3 is 10.1 Å². The summed E-state index contributed by atoms with van der Waals surface area (Å²) in [7, 11) is 1.38. The summed E-state index contributed by atoms with van der Waals surface area (Å²) in [4.78, 5) is 16.7. The zero-order valence-electron chi connectivity index (χ0n) is 14.3. The minimum Gasteiger partial charge on any atom is -0.465 e. The van der Waals surface area contributed by atoms with Gasteiger partial charge in [0.1, 0.15) is 0 Å². The highest BCUT2D eigenvalue weighted by Gasteiger charge is 2.28. The second-order valence-electron chi connectivity index (χ2n) is 5.90. The van der Waals surface area contributed by atoms with Gasteiger partial charge in [-0.15, -0.1) is 0 Å². The van der Waals surface area contributed by atoms with E-state index in [1.54, 1.807) is 18.3 Å². The molecule has 0 saturated heterocycles. The Morgan fingerprint density at radius 2 is 1.96 bits per heavy atom. The Hall–Kier alpha value is -2.40. The zero-order chi connectivity index (χ0) is 18.0. The number of hydrogen-bond acceptors (Lipinski definition) is 4. The number of dihydropyridines is 1. The molecule has 1 unspecified atom stereocenters. The van der Waals surface area contributed by atoms with Crippen molar-refractivity contribution in [1.82, 2.24) is 10.3 Å². The smallest absolute Gasteiger partial charge is 0.340 e. The number of methoxy groups -OCH3 is 1. The summed E-state index contributed by atoms with van der Waals surface area (Å²) in [5, 5.41) is 3.36. The van der Waals surface area contributed by atoms with E-state index in [9.17, 15) is 4.79 Å². The van der Waals surface area contributed by atoms with Crippen molar-refractivity contribution in [1.29, 1.82) is 0 Å². The summed E-state index contributed by atoms with van der Waals surface area (Å²) in [5.41, 5.74) is 5.25. The van der Waals surface area contributed by atoms with Crippen LogP contribution < -0.4 is 5.32 Å². The molecule has 5 heteroatoms. The molecule has 0 bridgehead atoms. The van der Waals surface area contributed by atoms with E-state index in [-0.39, 0.29) is 11.9 Å². The van der Waals surface area contributed by atoms with Crippen molar-refractivity contribution in [3.63, 3.8) is 0 Å². The number of hydrogen-bond donors (Lipinski definition) is 1. The van der Waals surface area contributed by atoms with Gasteiger partial charge in [-0.3, -0.25) is 4.98 Å². The van der Waals surface area contributed by atoms with Crippen LogP contribution in [0.1, 0.15) is 41.4 Å². The van der Waals surface area contributed by atoms with Crippen LogP contribution in [0.25, 0.3) is 5.57 Å². The molecule has 128 valence electrons. The lowest BCUT2D eigenvalue weighted by molar-refractivity contribution is 0.0600. The molecule has 4 nitrogen and oxygen atoms in total. The first kappa shape index (κ1) is 17.4. The highest BCUT2D eigenvalue weighted by molar-refractivity contribution is 9.10. The normalized spacial score (nSPS) is 17.0. The molecule has 1 N–H and O–H groups in total. The van der Waals surface area contributed by atoms with Gasteiger partial charge in [-0.1, -0.05) is 40.2 Å². The van der Waals surface area contributed by atoms with Gasteiger partial charge in [0, 0.05) is 33.6 Å². The maximum absolute atomic E-state index is 12.2. The third kappa shape index (κ3) is 3.37. The Morgan fingerprint density at radius 3 is 2.68 bits per heavy atom. The van der Waals surface area contributed by atoms with E-state index in [4.69, 9.17) is 4.74 Å². The Kier molecular flexibility index (Phi) is 5.04. The fourth-order valence-electron chi connectivity index (χ4n) is 3.16. The fraction of sp³-hybridized carbons (Fsp3) is 0.200. The second-order valence-corrected chi connectivity index (χ2v) is 6.76. The molecule has 0 spiro atoms. The molecule has 0 fully saturated rings. The van der Waals surface area contributed by atoms with Crippen molar-refractivity contribution < 1.29 is 9.53 Å². The van der Waals surface area contributed by atoms with E-state index in [2.05, 4.69) is 38.4 Å². The number of carbonyl (C=O) groups is 1. The van der Waals surface area contributed by atoms with Crippen LogP contribution in [0.15, 0.2) is 64.5 Å². The predicted molar refractivity (Wildman–Crippen MR) is 102 cm³/mol. The standard InChI is InChI=1S/C20H19BrN2O2/c1-12-11-16(14-7-4-5-9-17(14)21)18(13(2)23-12)19-15(20(24)25-3)8-6-10-22-19/h4-11,16,23H,1-3H3. The van der Waals surface area contributed by atoms with Crippen molar-refractivity contribution in [2.24, 2.45) is 0 Å². The van der Waals surface area contributed by atoms with E-state index >= 15 is 0 Å². The maximum atomic E-state index is 12.2. The fourth-order valence-corrected chi connectivity index (χ4v) is 3.69. The van der Waals surface area contributed by atoms with Crippen molar-refractivity contribution in [2.45, 2.75) is 19.8 Å². The van der Waals surface area contributed by atoms with Crippen LogP contribution in [0, 0.1) is 0 Å². The van der Waals surface area contributed by atoms with Gasteiger partial charge in [0.05, 0.1) is 18.4 Å². The number of esters is 1. The first-order chi connectivity index (χ1) is 12.0. The predicted octanol–water partition coefficient (Wildman–Crippen LogP) is 4.65. The minimum atomic E-state index is -0.388. The quantitative estimate of drug-likeness (QED) is 0.764. The molecule has 3 rings (SSSR count). The van der Waals surface area contributed by atoms with E-state index in [0.29, 0.717) is 11.3 Å². The lowest BCUT2D eigenvalue weighted by atomic mass is 9.83. The number of rotatable bonds is 3. The lowest BCUT2D eigenvalue weighted by Gasteiger charge is -2.28. The van der Waals surface area contributed by atoms with E-state index in [1.165, 1.54) is 7.11 Å². The van der Waals surface area contributed by atoms with Crippen LogP contribution >= 0.6 is 15.9 Å². The van der Waals surface area contributed by atoms with Crippen LogP contribution in [0.2, 0.25) is 0 Å². The van der Waals surface area contributed by atoms with Gasteiger partial charge in [0.25, 0.3) is 0 Å². The number of aromatic nitrogens is 1. The lowest BCUT2D eigenvalue weighted by Crippen LogP contribution is -2.21. The van der Waals surface area contributed by atoms with Crippen LogP contribution in [0.4, 0.5) is 0 Å². The molecule has 0 saturated carbocycles. The summed E-state index contributed by atoms with van der Waals surface area (Å²) in [6.45, 7) is 4.04. The first-order valence-electron chi connectivity index (χ1n) is 7.97. The molecule has 1 aliphatic rings. The zero-order valence-corrected chi connectivity index (χ0v) is 15.9. The Balaban J connectivity index is 2.21. The number of allylic oxidation sites excluding steroid dienone is 4. The van der Waals surface area contributed by atoms with Crippen molar-refractivity contribution in [3.05, 3.63) is 81.4 Å². The second kappa shape index (κ2) is 7.23. The van der Waals surface area contributed by atoms with Gasteiger partial charge in [-0.05, 0) is 37.6 Å². The average molecular weight is 399 g/mol. The summed E-state index contributed by atoms with van der Waals surface area (Å²) >= 11 is 3.65. The van der Waals surface area contributed by atoms with E-state index in [1.807, 2.05) is 32.0 Å². The van der Waals surface area contributed by atoms with Gasteiger partial charge in [-0.25, -0.2) is 4.79 Å². The number of nitrogens with one attached hydrogen (secondary N) is 1. The van der Waals surface area contributed by atoms with Crippen molar-refractivity contribution in [3.8, 4) is 0 Å². The summed E-state index contributed by atoms with van der Waals surface area (Å²) in [6, 6.07) is 11.6. The number of pyridine rings is 1. The third-order valence-corrected chi connectivity index (χ3v) is 4.95. The number of halogens is 1. The molecular formula is C20H19BrN2O2. The monoisotopic (exact) mass is 398 g/mol. The van der Waals surface area contributed by atoms with Gasteiger partial charge in [-0.2, -0.15) is 0 Å². The molecule has 25 heavy (non-hydrogen) atoms. The van der Waals surface area contributed by atoms with Crippen LogP contribution in [0.5, 0.6) is 0 Å². The van der Waals surface area contributed by atoms with E-state index < -0.39 is 0 Å². The molecule has 1 atom stereocenters. The van der Waals surface area contributed by atoms with Crippen LogP contribution in [-0.2, 0) is 4.74 Å². The third-order valence-electron chi connectivity index (χ3n) is 4.22. The highest BCUT2D eigenvalue weighted by Crippen LogP contribution is 2.41. The number of carbonyl (C=O) groups excluding carboxylic acids is 1. The van der Waals surface area contributed by atoms with Gasteiger partial charge >= 0.3 is 5.97 Å². The average Bonchev–Trinajstić information content (AvgIpc) is 2.61. The van der Waals surface area contributed by atoms with Crippen LogP contribution in [-0.4, -0.2) is 18.1 Å². The number of nitrogens with zero attached hydrogens (tertiary/aromatic N) is 1. The molecule has 1 aromatic carbocycles. The summed E-state index contributed by atoms with van der Waals surface area (Å²) < 4.78 is 5.96. The van der Waals surface area contributed by atoms with Gasteiger partial charge in [0.15, 0.2) is 0 Å². The topological polar surface area (TPSA) is 51.2 Å². The molecule has 2 aromatic rings. The molecular weight excluding hydrogens is 380 g/mol. The Bertz CT molecular complexity index is 887. The Morgan fingerprint density at radius 1 is 1.20 bits per heavy atom. The molecule has 1 aromatic heterocycles. The molecule has 1 aliphatic heterocycles. The van der Waals surface area contributed by atoms with Crippen LogP contribution in [0.3, 0.4) is 0 Å². The molecule has 0 amide bonds. The highest BCUT2D eigenvalue weighted by atomic mass is 79.9. The summed E-state index contributed by atoms with van der Waals surface area (Å²) in [6.07, 6.45) is 3.85. The largest absolute Gasteiger partial charge is 0.465 e.